The Labute approximate surface area is 152 Å². The summed E-state index contributed by atoms with van der Waals surface area (Å²) in [5.41, 5.74) is 2.32. The summed E-state index contributed by atoms with van der Waals surface area (Å²) >= 11 is 0. The van der Waals surface area contributed by atoms with Crippen LogP contribution < -0.4 is 9.62 Å². The van der Waals surface area contributed by atoms with Gasteiger partial charge < -0.3 is 9.42 Å². The van der Waals surface area contributed by atoms with Gasteiger partial charge in [0.05, 0.1) is 4.90 Å². The Hall–Kier alpha value is -2.71. The molecule has 1 N–H and O–H groups in total. The SMILES string of the molecule is Cc1ccc(S(=O)(=O)NCc2ccccc2)cc1-c1nc(N(C)C)no1. The molecule has 1 heterocycles. The van der Waals surface area contributed by atoms with E-state index in [-0.39, 0.29) is 17.3 Å². The van der Waals surface area contributed by atoms with Gasteiger partial charge in [-0.05, 0) is 35.3 Å². The van der Waals surface area contributed by atoms with Crippen LogP contribution in [0.2, 0.25) is 0 Å². The first-order valence-corrected chi connectivity index (χ1v) is 9.51. The van der Waals surface area contributed by atoms with Crippen molar-refractivity contribution in [3.05, 3.63) is 59.7 Å². The number of sulfonamides is 1. The average molecular weight is 372 g/mol. The van der Waals surface area contributed by atoms with E-state index in [1.165, 1.54) is 0 Å². The molecule has 0 saturated carbocycles. The maximum absolute atomic E-state index is 12.6. The molecule has 0 saturated heterocycles. The monoisotopic (exact) mass is 372 g/mol. The van der Waals surface area contributed by atoms with E-state index in [1.807, 2.05) is 37.3 Å². The second-order valence-electron chi connectivity index (χ2n) is 6.08. The number of hydrogen-bond donors (Lipinski definition) is 1. The Bertz CT molecular complexity index is 998. The highest BCUT2D eigenvalue weighted by molar-refractivity contribution is 7.89. The lowest BCUT2D eigenvalue weighted by Crippen LogP contribution is -2.23. The highest BCUT2D eigenvalue weighted by Gasteiger charge is 2.19. The first kappa shape index (κ1) is 18.1. The summed E-state index contributed by atoms with van der Waals surface area (Å²) in [4.78, 5) is 6.15. The molecule has 7 nitrogen and oxygen atoms in total. The molecule has 26 heavy (non-hydrogen) atoms. The molecule has 136 valence electrons. The standard InChI is InChI=1S/C18H20N4O3S/c1-13-9-10-15(11-16(13)17-20-18(21-25-17)22(2)3)26(23,24)19-12-14-7-5-4-6-8-14/h4-11,19H,12H2,1-3H3. The fraction of sp³-hybridized carbons (Fsp3) is 0.222. The molecule has 0 aliphatic carbocycles. The number of aryl methyl sites for hydroxylation is 1. The van der Waals surface area contributed by atoms with Crippen LogP contribution in [0.25, 0.3) is 11.5 Å². The predicted molar refractivity (Wildman–Crippen MR) is 99.3 cm³/mol. The van der Waals surface area contributed by atoms with Gasteiger partial charge in [-0.2, -0.15) is 4.98 Å². The lowest BCUT2D eigenvalue weighted by molar-refractivity contribution is 0.430. The molecule has 0 aliphatic rings. The van der Waals surface area contributed by atoms with Crippen LogP contribution in [0.5, 0.6) is 0 Å². The van der Waals surface area contributed by atoms with E-state index in [1.54, 1.807) is 37.2 Å². The quantitative estimate of drug-likeness (QED) is 0.715. The van der Waals surface area contributed by atoms with Gasteiger partial charge in [-0.3, -0.25) is 0 Å². The zero-order valence-corrected chi connectivity index (χ0v) is 15.6. The van der Waals surface area contributed by atoms with E-state index in [4.69, 9.17) is 4.52 Å². The maximum atomic E-state index is 12.6. The number of anilines is 1. The average Bonchev–Trinajstić information content (AvgIpc) is 3.11. The van der Waals surface area contributed by atoms with E-state index < -0.39 is 10.0 Å². The van der Waals surface area contributed by atoms with Crippen molar-refractivity contribution in [2.75, 3.05) is 19.0 Å². The van der Waals surface area contributed by atoms with Crippen molar-refractivity contribution in [1.82, 2.24) is 14.9 Å². The van der Waals surface area contributed by atoms with Gasteiger partial charge in [-0.25, -0.2) is 13.1 Å². The van der Waals surface area contributed by atoms with Crippen LogP contribution in [0.4, 0.5) is 5.95 Å². The Morgan fingerprint density at radius 2 is 1.85 bits per heavy atom. The van der Waals surface area contributed by atoms with Crippen LogP contribution >= 0.6 is 0 Å². The smallest absolute Gasteiger partial charge is 0.265 e. The highest BCUT2D eigenvalue weighted by atomic mass is 32.2. The van der Waals surface area contributed by atoms with Gasteiger partial charge >= 0.3 is 0 Å². The second kappa shape index (κ2) is 7.27. The molecule has 3 rings (SSSR count). The zero-order valence-electron chi connectivity index (χ0n) is 14.8. The number of aromatic nitrogens is 2. The predicted octanol–water partition coefficient (Wildman–Crippen LogP) is 2.59. The first-order valence-electron chi connectivity index (χ1n) is 8.02. The molecule has 1 aromatic heterocycles. The van der Waals surface area contributed by atoms with E-state index in [2.05, 4.69) is 14.9 Å². The molecule has 0 bridgehead atoms. The summed E-state index contributed by atoms with van der Waals surface area (Å²) in [5, 5.41) is 3.88. The molecular formula is C18H20N4O3S. The summed E-state index contributed by atoms with van der Waals surface area (Å²) in [6.07, 6.45) is 0. The van der Waals surface area contributed by atoms with Crippen LogP contribution in [0, 0.1) is 6.92 Å². The van der Waals surface area contributed by atoms with Gasteiger partial charge in [0.1, 0.15) is 0 Å². The Morgan fingerprint density at radius 3 is 2.50 bits per heavy atom. The third-order valence-corrected chi connectivity index (χ3v) is 5.27. The van der Waals surface area contributed by atoms with Crippen molar-refractivity contribution >= 4 is 16.0 Å². The Morgan fingerprint density at radius 1 is 1.12 bits per heavy atom. The Balaban J connectivity index is 1.88. The molecule has 0 radical (unpaired) electrons. The number of hydrogen-bond acceptors (Lipinski definition) is 6. The van der Waals surface area contributed by atoms with Crippen molar-refractivity contribution in [2.24, 2.45) is 0 Å². The van der Waals surface area contributed by atoms with Gasteiger partial charge in [-0.15, -0.1) is 0 Å². The van der Waals surface area contributed by atoms with Crippen molar-refractivity contribution in [3.63, 3.8) is 0 Å². The van der Waals surface area contributed by atoms with Crippen molar-refractivity contribution in [2.45, 2.75) is 18.4 Å². The van der Waals surface area contributed by atoms with E-state index in [0.717, 1.165) is 11.1 Å². The van der Waals surface area contributed by atoms with Crippen LogP contribution in [0.3, 0.4) is 0 Å². The lowest BCUT2D eigenvalue weighted by atomic mass is 10.1. The molecule has 3 aromatic rings. The minimum atomic E-state index is -3.67. The number of rotatable bonds is 6. The summed E-state index contributed by atoms with van der Waals surface area (Å²) < 4.78 is 33.1. The third kappa shape index (κ3) is 3.92. The molecule has 0 fully saturated rings. The zero-order chi connectivity index (χ0) is 18.7. The molecular weight excluding hydrogens is 352 g/mol. The normalized spacial score (nSPS) is 11.5. The summed E-state index contributed by atoms with van der Waals surface area (Å²) in [5.74, 6) is 0.709. The molecule has 0 amide bonds. The molecule has 2 aromatic carbocycles. The molecule has 0 spiro atoms. The van der Waals surface area contributed by atoms with Crippen molar-refractivity contribution < 1.29 is 12.9 Å². The molecule has 8 heteroatoms. The van der Waals surface area contributed by atoms with Gasteiger partial charge in [0.25, 0.3) is 11.8 Å². The highest BCUT2D eigenvalue weighted by Crippen LogP contribution is 2.26. The van der Waals surface area contributed by atoms with E-state index >= 15 is 0 Å². The number of nitrogens with zero attached hydrogens (tertiary/aromatic N) is 3. The van der Waals surface area contributed by atoms with Crippen LogP contribution in [0.1, 0.15) is 11.1 Å². The minimum Gasteiger partial charge on any atom is -0.344 e. The van der Waals surface area contributed by atoms with Crippen LogP contribution in [-0.2, 0) is 16.6 Å². The summed E-state index contributed by atoms with van der Waals surface area (Å²) in [6.45, 7) is 2.08. The van der Waals surface area contributed by atoms with Crippen LogP contribution in [0.15, 0.2) is 57.9 Å². The molecule has 0 unspecified atom stereocenters. The van der Waals surface area contributed by atoms with Crippen LogP contribution in [-0.4, -0.2) is 32.7 Å². The van der Waals surface area contributed by atoms with Gasteiger partial charge in [-0.1, -0.05) is 36.4 Å². The molecule has 0 aliphatic heterocycles. The topological polar surface area (TPSA) is 88.3 Å². The maximum Gasteiger partial charge on any atom is 0.265 e. The van der Waals surface area contributed by atoms with E-state index in [0.29, 0.717) is 11.5 Å². The fourth-order valence-corrected chi connectivity index (χ4v) is 3.41. The summed E-state index contributed by atoms with van der Waals surface area (Å²) in [6, 6.07) is 14.2. The number of nitrogens with one attached hydrogen (secondary N) is 1. The van der Waals surface area contributed by atoms with Gasteiger partial charge in [0.2, 0.25) is 10.0 Å². The first-order chi connectivity index (χ1) is 12.4. The van der Waals surface area contributed by atoms with Gasteiger partial charge in [0.15, 0.2) is 0 Å². The second-order valence-corrected chi connectivity index (χ2v) is 7.85. The van der Waals surface area contributed by atoms with E-state index in [9.17, 15) is 8.42 Å². The molecule has 0 atom stereocenters. The minimum absolute atomic E-state index is 0.152. The summed E-state index contributed by atoms with van der Waals surface area (Å²) in [7, 11) is -0.0626. The fourth-order valence-electron chi connectivity index (χ4n) is 2.36. The Kier molecular flexibility index (Phi) is 5.06. The van der Waals surface area contributed by atoms with Gasteiger partial charge in [0, 0.05) is 26.2 Å². The third-order valence-electron chi connectivity index (χ3n) is 3.87. The van der Waals surface area contributed by atoms with Crippen molar-refractivity contribution in [1.29, 1.82) is 0 Å². The number of benzene rings is 2. The lowest BCUT2D eigenvalue weighted by Gasteiger charge is -2.09. The largest absolute Gasteiger partial charge is 0.344 e. The van der Waals surface area contributed by atoms with Crippen molar-refractivity contribution in [3.8, 4) is 11.5 Å².